The molecule has 0 N–H and O–H groups in total. The minimum atomic E-state index is 0.746. The van der Waals surface area contributed by atoms with Gasteiger partial charge in [-0.15, -0.1) is 0 Å². The van der Waals surface area contributed by atoms with E-state index in [9.17, 15) is 0 Å². The van der Waals surface area contributed by atoms with Crippen molar-refractivity contribution >= 4 is 0 Å². The summed E-state index contributed by atoms with van der Waals surface area (Å²) in [5, 5.41) is 8.30. The maximum Gasteiger partial charge on any atom is 0.0944 e. The third-order valence-corrected chi connectivity index (χ3v) is 0.843. The van der Waals surface area contributed by atoms with Gasteiger partial charge in [0.25, 0.3) is 0 Å². The summed E-state index contributed by atoms with van der Waals surface area (Å²) in [7, 11) is 0. The van der Waals surface area contributed by atoms with E-state index in [2.05, 4.69) is 13.8 Å². The van der Waals surface area contributed by atoms with Crippen LogP contribution in [0.2, 0.25) is 0 Å². The third kappa shape index (κ3) is 16.0. The monoisotopic (exact) mass is 165 g/mol. The van der Waals surface area contributed by atoms with E-state index in [0.29, 0.717) is 0 Å². The van der Waals surface area contributed by atoms with Crippen LogP contribution in [0.3, 0.4) is 0 Å². The highest BCUT2D eigenvalue weighted by Crippen LogP contribution is 1.93. The van der Waals surface area contributed by atoms with E-state index in [4.69, 9.17) is 5.26 Å². The Hall–Kier alpha value is -1.03. The van der Waals surface area contributed by atoms with Gasteiger partial charge < -0.3 is 0 Å². The Balaban J connectivity index is 0. The molecule has 68 valence electrons. The molecule has 0 saturated carbocycles. The lowest BCUT2D eigenvalue weighted by atomic mass is 10.2. The van der Waals surface area contributed by atoms with Crippen molar-refractivity contribution < 1.29 is 0 Å². The molecule has 0 aliphatic rings. The molecule has 0 aromatic carbocycles. The molecule has 1 nitrogen and oxygen atoms in total. The molecule has 0 unspecified atom stereocenters. The van der Waals surface area contributed by atoms with Gasteiger partial charge >= 0.3 is 0 Å². The molecule has 0 saturated heterocycles. The van der Waals surface area contributed by atoms with Crippen molar-refractivity contribution in [1.29, 1.82) is 5.26 Å². The molecule has 12 heavy (non-hydrogen) atoms. The summed E-state index contributed by atoms with van der Waals surface area (Å²) in [5.41, 5.74) is 1.96. The molecular weight excluding hydrogens is 146 g/mol. The molecule has 0 bridgehead atoms. The average molecular weight is 165 g/mol. The number of hydrogen-bond acceptors (Lipinski definition) is 1. The highest BCUT2D eigenvalue weighted by molar-refractivity contribution is 5.24. The van der Waals surface area contributed by atoms with E-state index in [-0.39, 0.29) is 0 Å². The Labute approximate surface area is 76.4 Å². The van der Waals surface area contributed by atoms with E-state index in [1.165, 1.54) is 12.0 Å². The quantitative estimate of drug-likeness (QED) is 0.428. The van der Waals surface area contributed by atoms with Gasteiger partial charge in [-0.2, -0.15) is 5.26 Å². The lowest BCUT2D eigenvalue weighted by Crippen LogP contribution is -1.65. The molecule has 0 amide bonds. The fourth-order valence-corrected chi connectivity index (χ4v) is 0.329. The number of rotatable bonds is 1. The van der Waals surface area contributed by atoms with Crippen molar-refractivity contribution in [1.82, 2.24) is 0 Å². The Morgan fingerprint density at radius 1 is 1.17 bits per heavy atom. The van der Waals surface area contributed by atoms with Crippen molar-refractivity contribution in [3.05, 3.63) is 23.3 Å². The molecule has 0 aliphatic carbocycles. The van der Waals surface area contributed by atoms with Gasteiger partial charge in [0.1, 0.15) is 0 Å². The van der Waals surface area contributed by atoms with Gasteiger partial charge in [-0.3, -0.25) is 0 Å². The minimum absolute atomic E-state index is 0.746. The van der Waals surface area contributed by atoms with Gasteiger partial charge in [0, 0.05) is 5.57 Å². The number of allylic oxidation sites excluding steroid dienone is 4. The second-order valence-electron chi connectivity index (χ2n) is 2.91. The fraction of sp³-hybridized carbons (Fsp3) is 0.545. The topological polar surface area (TPSA) is 23.8 Å². The van der Waals surface area contributed by atoms with Crippen molar-refractivity contribution in [3.8, 4) is 6.07 Å². The number of nitriles is 1. The van der Waals surface area contributed by atoms with Gasteiger partial charge in [-0.05, 0) is 26.8 Å². The minimum Gasteiger partial charge on any atom is -0.193 e. The highest BCUT2D eigenvalue weighted by atomic mass is 14.2. The molecule has 0 aromatic rings. The van der Waals surface area contributed by atoms with E-state index in [0.717, 1.165) is 5.57 Å². The zero-order valence-corrected chi connectivity index (χ0v) is 8.81. The average Bonchev–Trinajstić information content (AvgIpc) is 2.01. The predicted octanol–water partition coefficient (Wildman–Crippen LogP) is 3.84. The Kier molecular flexibility index (Phi) is 11.3. The summed E-state index contributed by atoms with van der Waals surface area (Å²) >= 11 is 0. The first-order valence-electron chi connectivity index (χ1n) is 4.30. The Morgan fingerprint density at radius 3 is 1.83 bits per heavy atom. The summed E-state index contributed by atoms with van der Waals surface area (Å²) in [5.74, 6) is 0. The van der Waals surface area contributed by atoms with Crippen LogP contribution in [0, 0.1) is 11.3 Å². The lowest BCUT2D eigenvalue weighted by molar-refractivity contribution is 1.09. The normalized spacial score (nSPS) is 9.17. The van der Waals surface area contributed by atoms with Crippen molar-refractivity contribution in [2.75, 3.05) is 0 Å². The lowest BCUT2D eigenvalue weighted by Gasteiger charge is -1.82. The van der Waals surface area contributed by atoms with Crippen LogP contribution in [0.15, 0.2) is 23.3 Å². The fourth-order valence-electron chi connectivity index (χ4n) is 0.329. The smallest absolute Gasteiger partial charge is 0.0944 e. The van der Waals surface area contributed by atoms with Gasteiger partial charge in [0.05, 0.1) is 6.07 Å². The molecule has 0 atom stereocenters. The van der Waals surface area contributed by atoms with E-state index < -0.39 is 0 Å². The molecule has 1 heteroatoms. The van der Waals surface area contributed by atoms with Crippen LogP contribution in [-0.4, -0.2) is 0 Å². The van der Waals surface area contributed by atoms with Crippen LogP contribution in [0.4, 0.5) is 0 Å². The molecule has 0 aliphatic heterocycles. The maximum absolute atomic E-state index is 8.30. The van der Waals surface area contributed by atoms with Crippen LogP contribution in [-0.2, 0) is 0 Å². The Morgan fingerprint density at radius 2 is 1.58 bits per heavy atom. The van der Waals surface area contributed by atoms with Crippen molar-refractivity contribution in [2.24, 2.45) is 0 Å². The van der Waals surface area contributed by atoms with Gasteiger partial charge in [-0.25, -0.2) is 0 Å². The molecule has 0 radical (unpaired) electrons. The van der Waals surface area contributed by atoms with Gasteiger partial charge in [0.15, 0.2) is 0 Å². The zero-order valence-electron chi connectivity index (χ0n) is 8.81. The molecule has 0 fully saturated rings. The van der Waals surface area contributed by atoms with Crippen LogP contribution >= 0.6 is 0 Å². The van der Waals surface area contributed by atoms with Gasteiger partial charge in [-0.1, -0.05) is 31.9 Å². The highest BCUT2D eigenvalue weighted by Gasteiger charge is 1.77. The summed E-state index contributed by atoms with van der Waals surface area (Å²) in [4.78, 5) is 0. The summed E-state index contributed by atoms with van der Waals surface area (Å²) in [6.07, 6.45) is 4.99. The van der Waals surface area contributed by atoms with E-state index in [1.54, 1.807) is 6.92 Å². The first-order valence-corrected chi connectivity index (χ1v) is 4.30. The molecule has 0 aromatic heterocycles. The van der Waals surface area contributed by atoms with Crippen LogP contribution in [0.5, 0.6) is 0 Å². The molecule has 0 heterocycles. The molecule has 0 rings (SSSR count). The predicted molar refractivity (Wildman–Crippen MR) is 54.8 cm³/mol. The van der Waals surface area contributed by atoms with E-state index >= 15 is 0 Å². The molecular formula is C11H19N. The van der Waals surface area contributed by atoms with Crippen molar-refractivity contribution in [3.63, 3.8) is 0 Å². The van der Waals surface area contributed by atoms with Crippen LogP contribution in [0.1, 0.15) is 41.0 Å². The second kappa shape index (κ2) is 9.97. The summed E-state index contributed by atoms with van der Waals surface area (Å²) in [6.45, 7) is 10.0. The van der Waals surface area contributed by atoms with Crippen molar-refractivity contribution in [2.45, 2.75) is 41.0 Å². The number of nitrogens with zero attached hydrogens (tertiary/aromatic N) is 1. The zero-order chi connectivity index (χ0) is 9.98. The van der Waals surface area contributed by atoms with Crippen LogP contribution in [0.25, 0.3) is 0 Å². The van der Waals surface area contributed by atoms with E-state index in [1.807, 2.05) is 32.1 Å². The standard InChI is InChI=1S/C8H11N.C3H8/c1-7(2)4-5-8(3)6-9;1-3-2/h4-5H,1-3H3;3H2,1-2H3/b8-5+;. The molecule has 0 spiro atoms. The second-order valence-corrected chi connectivity index (χ2v) is 2.91. The third-order valence-electron chi connectivity index (χ3n) is 0.843. The SMILES string of the molecule is CC(C)=C/C=C(\C)C#N.CCC. The summed E-state index contributed by atoms with van der Waals surface area (Å²) in [6, 6.07) is 2.04. The first kappa shape index (κ1) is 13.6. The Bertz CT molecular complexity index is 188. The number of hydrogen-bond donors (Lipinski definition) is 0. The van der Waals surface area contributed by atoms with Gasteiger partial charge in [0.2, 0.25) is 0 Å². The maximum atomic E-state index is 8.30. The van der Waals surface area contributed by atoms with Crippen LogP contribution < -0.4 is 0 Å². The first-order chi connectivity index (χ1) is 5.58. The summed E-state index contributed by atoms with van der Waals surface area (Å²) < 4.78 is 0. The largest absolute Gasteiger partial charge is 0.193 e.